The van der Waals surface area contributed by atoms with Gasteiger partial charge in [-0.1, -0.05) is 24.3 Å². The van der Waals surface area contributed by atoms with Gasteiger partial charge in [0.2, 0.25) is 0 Å². The van der Waals surface area contributed by atoms with Crippen LogP contribution >= 0.6 is 0 Å². The van der Waals surface area contributed by atoms with Crippen molar-refractivity contribution in [1.29, 1.82) is 0 Å². The molecule has 0 spiro atoms. The fraction of sp³-hybridized carbons (Fsp3) is 0.429. The highest BCUT2D eigenvalue weighted by Gasteiger charge is 2.66. The van der Waals surface area contributed by atoms with Gasteiger partial charge in [0, 0.05) is 19.0 Å². The molecule has 1 fully saturated rings. The Kier molecular flexibility index (Phi) is 3.01. The fourth-order valence-electron chi connectivity index (χ4n) is 2.93. The van der Waals surface area contributed by atoms with Crippen molar-refractivity contribution in [2.75, 3.05) is 7.05 Å². The molecule has 1 aliphatic carbocycles. The molecule has 1 saturated heterocycles. The van der Waals surface area contributed by atoms with Gasteiger partial charge in [-0.3, -0.25) is 15.4 Å². The number of nitrogens with zero attached hydrogens (tertiary/aromatic N) is 1. The molecule has 2 unspecified atom stereocenters. The van der Waals surface area contributed by atoms with Crippen LogP contribution in [0.3, 0.4) is 0 Å². The molecule has 0 radical (unpaired) electrons. The van der Waals surface area contributed by atoms with Crippen LogP contribution in [0.4, 0.5) is 0 Å². The summed E-state index contributed by atoms with van der Waals surface area (Å²) in [7, 11) is 1.46. The molecule has 0 amide bonds. The highest BCUT2D eigenvalue weighted by Crippen LogP contribution is 2.49. The molecule has 0 aromatic heterocycles. The van der Waals surface area contributed by atoms with E-state index in [0.717, 1.165) is 5.01 Å². The van der Waals surface area contributed by atoms with E-state index < -0.39 is 23.5 Å². The summed E-state index contributed by atoms with van der Waals surface area (Å²) in [5, 5.41) is 12.1. The van der Waals surface area contributed by atoms with Crippen LogP contribution in [0.15, 0.2) is 24.3 Å². The molecule has 1 aliphatic heterocycles. The largest absolute Gasteiger partial charge is 0.434 e. The molecule has 1 heterocycles. The highest BCUT2D eigenvalue weighted by atomic mass is 16.7. The fourth-order valence-corrected chi connectivity index (χ4v) is 2.93. The zero-order chi connectivity index (χ0) is 15.3. The van der Waals surface area contributed by atoms with Crippen molar-refractivity contribution >= 4 is 11.9 Å². The normalized spacial score (nSPS) is 31.8. The summed E-state index contributed by atoms with van der Waals surface area (Å²) in [6, 6.07) is 6.89. The van der Waals surface area contributed by atoms with Gasteiger partial charge in [0.15, 0.2) is 0 Å². The predicted octanol–water partition coefficient (Wildman–Crippen LogP) is -0.230. The zero-order valence-electron chi connectivity index (χ0n) is 11.5. The van der Waals surface area contributed by atoms with E-state index >= 15 is 0 Å². The Hall–Kier alpha value is -1.96. The second kappa shape index (κ2) is 4.52. The Balaban J connectivity index is 2.20. The first-order valence-corrected chi connectivity index (χ1v) is 6.62. The standard InChI is InChI=1S/C14H16N2O5/c1-16(15)13-8-9-4-2-3-5-10(9)14(13,19)21-12(18)7-6-11(17)20-13/h2-5,19H,6-8,15H2,1H3. The van der Waals surface area contributed by atoms with Crippen LogP contribution in [0.5, 0.6) is 0 Å². The number of hydrazine groups is 1. The third-order valence-electron chi connectivity index (χ3n) is 3.99. The minimum Gasteiger partial charge on any atom is -0.434 e. The SMILES string of the molecule is CN(N)C12Cc3ccccc3C1(O)OC(=O)CCC(=O)O2. The monoisotopic (exact) mass is 292 g/mol. The molecule has 112 valence electrons. The number of hydrogen-bond donors (Lipinski definition) is 2. The lowest BCUT2D eigenvalue weighted by Gasteiger charge is -2.44. The summed E-state index contributed by atoms with van der Waals surface area (Å²) >= 11 is 0. The lowest BCUT2D eigenvalue weighted by Crippen LogP contribution is -2.66. The number of nitrogens with two attached hydrogens (primary N) is 1. The number of benzene rings is 1. The van der Waals surface area contributed by atoms with Gasteiger partial charge >= 0.3 is 11.9 Å². The second-order valence-corrected chi connectivity index (χ2v) is 5.32. The van der Waals surface area contributed by atoms with E-state index in [9.17, 15) is 14.7 Å². The number of fused-ring (bicyclic) bond motifs is 3. The van der Waals surface area contributed by atoms with Crippen LogP contribution < -0.4 is 5.84 Å². The number of carbonyl (C=O) groups is 2. The van der Waals surface area contributed by atoms with Crippen molar-refractivity contribution in [1.82, 2.24) is 5.01 Å². The van der Waals surface area contributed by atoms with Gasteiger partial charge in [-0.2, -0.15) is 0 Å². The molecule has 7 heteroatoms. The Morgan fingerprint density at radius 2 is 1.81 bits per heavy atom. The van der Waals surface area contributed by atoms with E-state index in [0.29, 0.717) is 11.1 Å². The minimum atomic E-state index is -2.12. The van der Waals surface area contributed by atoms with Crippen molar-refractivity contribution in [2.45, 2.75) is 30.8 Å². The molecule has 21 heavy (non-hydrogen) atoms. The molecule has 0 bridgehead atoms. The van der Waals surface area contributed by atoms with E-state index in [1.807, 2.05) is 0 Å². The predicted molar refractivity (Wildman–Crippen MR) is 70.1 cm³/mol. The third-order valence-corrected chi connectivity index (χ3v) is 3.99. The molecule has 2 aliphatic rings. The molecule has 2 atom stereocenters. The number of esters is 2. The van der Waals surface area contributed by atoms with E-state index in [1.165, 1.54) is 7.05 Å². The van der Waals surface area contributed by atoms with Crippen LogP contribution in [0, 0.1) is 0 Å². The quantitative estimate of drug-likeness (QED) is 0.419. The first-order chi connectivity index (χ1) is 9.89. The average molecular weight is 292 g/mol. The van der Waals surface area contributed by atoms with Gasteiger partial charge in [0.25, 0.3) is 11.5 Å². The first kappa shape index (κ1) is 14.0. The molecular weight excluding hydrogens is 276 g/mol. The molecule has 1 aromatic rings. The van der Waals surface area contributed by atoms with Crippen molar-refractivity contribution in [3.63, 3.8) is 0 Å². The number of carbonyl (C=O) groups excluding carboxylic acids is 2. The Morgan fingerprint density at radius 3 is 2.48 bits per heavy atom. The molecule has 1 aromatic carbocycles. The molecule has 7 nitrogen and oxygen atoms in total. The van der Waals surface area contributed by atoms with Crippen LogP contribution in [-0.2, 0) is 31.3 Å². The van der Waals surface area contributed by atoms with Gasteiger partial charge in [-0.25, -0.2) is 5.01 Å². The number of ether oxygens (including phenoxy) is 2. The van der Waals surface area contributed by atoms with Crippen molar-refractivity contribution in [3.05, 3.63) is 35.4 Å². The van der Waals surface area contributed by atoms with Gasteiger partial charge in [-0.05, 0) is 5.56 Å². The van der Waals surface area contributed by atoms with Gasteiger partial charge in [-0.15, -0.1) is 0 Å². The average Bonchev–Trinajstić information content (AvgIpc) is 2.66. The van der Waals surface area contributed by atoms with E-state index in [-0.39, 0.29) is 19.3 Å². The van der Waals surface area contributed by atoms with Gasteiger partial charge < -0.3 is 14.6 Å². The number of hydrogen-bond acceptors (Lipinski definition) is 7. The maximum atomic E-state index is 11.9. The van der Waals surface area contributed by atoms with Crippen molar-refractivity contribution < 1.29 is 24.2 Å². The van der Waals surface area contributed by atoms with Crippen LogP contribution in [0.2, 0.25) is 0 Å². The molecular formula is C14H16N2O5. The van der Waals surface area contributed by atoms with Crippen LogP contribution in [0.25, 0.3) is 0 Å². The summed E-state index contributed by atoms with van der Waals surface area (Å²) in [5.41, 5.74) is -0.575. The van der Waals surface area contributed by atoms with Crippen molar-refractivity contribution in [3.8, 4) is 0 Å². The Bertz CT molecular complexity index is 617. The smallest absolute Gasteiger partial charge is 0.309 e. The Morgan fingerprint density at radius 1 is 1.19 bits per heavy atom. The summed E-state index contributed by atoms with van der Waals surface area (Å²) in [6.07, 6.45) is -0.125. The minimum absolute atomic E-state index is 0.110. The van der Waals surface area contributed by atoms with Crippen LogP contribution in [0.1, 0.15) is 24.0 Å². The zero-order valence-corrected chi connectivity index (χ0v) is 11.5. The van der Waals surface area contributed by atoms with Crippen molar-refractivity contribution in [2.24, 2.45) is 5.84 Å². The molecule has 3 rings (SSSR count). The number of likely N-dealkylation sites (N-methyl/N-ethyl adjacent to an activating group) is 1. The Labute approximate surface area is 121 Å². The second-order valence-electron chi connectivity index (χ2n) is 5.32. The van der Waals surface area contributed by atoms with Crippen LogP contribution in [-0.4, -0.2) is 34.8 Å². The number of rotatable bonds is 1. The van der Waals surface area contributed by atoms with Gasteiger partial charge in [0.1, 0.15) is 0 Å². The maximum absolute atomic E-state index is 11.9. The molecule has 0 saturated carbocycles. The first-order valence-electron chi connectivity index (χ1n) is 6.62. The summed E-state index contributed by atoms with van der Waals surface area (Å²) in [5.74, 6) is 2.44. The van der Waals surface area contributed by atoms with E-state index in [4.69, 9.17) is 15.3 Å². The van der Waals surface area contributed by atoms with E-state index in [1.54, 1.807) is 24.3 Å². The van der Waals surface area contributed by atoms with E-state index in [2.05, 4.69) is 0 Å². The van der Waals surface area contributed by atoms with Gasteiger partial charge in [0.05, 0.1) is 12.8 Å². The number of aliphatic hydroxyl groups is 1. The summed E-state index contributed by atoms with van der Waals surface area (Å²) in [4.78, 5) is 23.8. The molecule has 3 N–H and O–H groups in total. The summed E-state index contributed by atoms with van der Waals surface area (Å²) in [6.45, 7) is 0. The topological polar surface area (TPSA) is 102 Å². The third kappa shape index (κ3) is 1.85. The summed E-state index contributed by atoms with van der Waals surface area (Å²) < 4.78 is 10.7. The highest BCUT2D eigenvalue weighted by molar-refractivity contribution is 5.79. The lowest BCUT2D eigenvalue weighted by atomic mass is 10.0. The maximum Gasteiger partial charge on any atom is 0.309 e. The lowest BCUT2D eigenvalue weighted by molar-refractivity contribution is -0.335.